The Bertz CT molecular complexity index is 1110. The third kappa shape index (κ3) is 2.42. The molecule has 1 saturated heterocycles. The van der Waals surface area contributed by atoms with Crippen LogP contribution >= 0.6 is 11.6 Å². The summed E-state index contributed by atoms with van der Waals surface area (Å²) in [5.74, 6) is 0.130. The molecule has 1 aliphatic heterocycles. The molecule has 1 atom stereocenters. The number of hydrogen-bond acceptors (Lipinski definition) is 4. The van der Waals surface area contributed by atoms with Crippen LogP contribution < -0.4 is 4.90 Å². The fourth-order valence-electron chi connectivity index (χ4n) is 4.07. The highest BCUT2D eigenvalue weighted by molar-refractivity contribution is 6.30. The lowest BCUT2D eigenvalue weighted by molar-refractivity contribution is -0.123. The molecule has 1 saturated carbocycles. The van der Waals surface area contributed by atoms with Crippen LogP contribution in [0.1, 0.15) is 19.3 Å². The Hall–Kier alpha value is -2.91. The van der Waals surface area contributed by atoms with Gasteiger partial charge in [0, 0.05) is 42.5 Å². The molecule has 0 spiro atoms. The molecule has 6 nitrogen and oxygen atoms in total. The van der Waals surface area contributed by atoms with Crippen LogP contribution in [0.4, 0.5) is 5.69 Å². The highest BCUT2D eigenvalue weighted by Crippen LogP contribution is 2.52. The van der Waals surface area contributed by atoms with Crippen molar-refractivity contribution < 1.29 is 4.79 Å². The van der Waals surface area contributed by atoms with Crippen LogP contribution in [0.2, 0.25) is 5.02 Å². The van der Waals surface area contributed by atoms with E-state index in [9.17, 15) is 10.1 Å². The molecular weight excluding hydrogens is 362 g/mol. The second-order valence-corrected chi connectivity index (χ2v) is 7.67. The number of aromatic nitrogens is 3. The lowest BCUT2D eigenvalue weighted by Crippen LogP contribution is -2.35. The largest absolute Gasteiger partial charge is 0.309 e. The van der Waals surface area contributed by atoms with Gasteiger partial charge in [0.25, 0.3) is 0 Å². The molecular formula is C20H16ClN5O. The van der Waals surface area contributed by atoms with Gasteiger partial charge in [-0.25, -0.2) is 4.52 Å². The fourth-order valence-corrected chi connectivity index (χ4v) is 4.25. The van der Waals surface area contributed by atoms with E-state index in [-0.39, 0.29) is 11.8 Å². The Morgan fingerprint density at radius 1 is 1.26 bits per heavy atom. The minimum Gasteiger partial charge on any atom is -0.309 e. The lowest BCUT2D eigenvalue weighted by Gasteiger charge is -2.21. The number of rotatable bonds is 3. The summed E-state index contributed by atoms with van der Waals surface area (Å²) in [5, 5.41) is 14.7. The van der Waals surface area contributed by atoms with Gasteiger partial charge >= 0.3 is 0 Å². The monoisotopic (exact) mass is 377 g/mol. The maximum atomic E-state index is 13.2. The zero-order valence-corrected chi connectivity index (χ0v) is 15.2. The van der Waals surface area contributed by atoms with Gasteiger partial charge < -0.3 is 4.90 Å². The summed E-state index contributed by atoms with van der Waals surface area (Å²) >= 11 is 6.06. The van der Waals surface area contributed by atoms with Crippen molar-refractivity contribution >= 4 is 28.7 Å². The number of halogens is 1. The lowest BCUT2D eigenvalue weighted by atomic mass is 9.83. The molecule has 4 heterocycles. The maximum absolute atomic E-state index is 13.2. The normalized spacial score (nSPS) is 22.4. The Labute approximate surface area is 161 Å². The van der Waals surface area contributed by atoms with E-state index >= 15 is 0 Å². The van der Waals surface area contributed by atoms with Gasteiger partial charge in [-0.15, -0.1) is 0 Å². The van der Waals surface area contributed by atoms with E-state index in [0.717, 1.165) is 35.2 Å². The Balaban J connectivity index is 1.59. The van der Waals surface area contributed by atoms with Gasteiger partial charge in [-0.05, 0) is 43.4 Å². The van der Waals surface area contributed by atoms with Crippen molar-refractivity contribution in [2.75, 3.05) is 11.4 Å². The number of amides is 1. The van der Waals surface area contributed by atoms with E-state index in [1.807, 2.05) is 24.4 Å². The van der Waals surface area contributed by atoms with Crippen molar-refractivity contribution in [2.24, 2.45) is 11.3 Å². The quantitative estimate of drug-likeness (QED) is 0.697. The summed E-state index contributed by atoms with van der Waals surface area (Å²) in [7, 11) is 0. The van der Waals surface area contributed by atoms with Gasteiger partial charge in [-0.2, -0.15) is 10.4 Å². The van der Waals surface area contributed by atoms with Crippen molar-refractivity contribution in [1.29, 1.82) is 5.26 Å². The first-order valence-corrected chi connectivity index (χ1v) is 9.32. The number of carbonyl (C=O) groups excluding carboxylic acids is 1. The first-order valence-electron chi connectivity index (χ1n) is 8.94. The molecule has 0 unspecified atom stereocenters. The van der Waals surface area contributed by atoms with Crippen LogP contribution in [0, 0.1) is 22.7 Å². The van der Waals surface area contributed by atoms with E-state index in [0.29, 0.717) is 18.0 Å². The summed E-state index contributed by atoms with van der Waals surface area (Å²) in [6.07, 6.45) is 9.44. The number of nitrogens with zero attached hydrogens (tertiary/aromatic N) is 5. The molecule has 0 aromatic carbocycles. The minimum atomic E-state index is -0.855. The van der Waals surface area contributed by atoms with Gasteiger partial charge in [-0.1, -0.05) is 11.6 Å². The van der Waals surface area contributed by atoms with E-state index in [4.69, 9.17) is 11.6 Å². The van der Waals surface area contributed by atoms with Crippen LogP contribution in [0.5, 0.6) is 0 Å². The average Bonchev–Trinajstić information content (AvgIpc) is 3.34. The molecule has 2 fully saturated rings. The molecule has 1 amide bonds. The van der Waals surface area contributed by atoms with Crippen LogP contribution in [-0.2, 0) is 4.79 Å². The molecule has 1 aliphatic carbocycles. The highest BCUT2D eigenvalue weighted by atomic mass is 35.5. The molecule has 0 bridgehead atoms. The van der Waals surface area contributed by atoms with Crippen molar-refractivity contribution in [3.8, 4) is 17.2 Å². The number of pyridine rings is 1. The molecule has 0 radical (unpaired) electrons. The molecule has 3 aromatic heterocycles. The van der Waals surface area contributed by atoms with Crippen LogP contribution in [0.15, 0.2) is 43.0 Å². The summed E-state index contributed by atoms with van der Waals surface area (Å²) in [6.45, 7) is 0.557. The number of hydrogen-bond donors (Lipinski definition) is 0. The molecule has 2 aliphatic rings. The smallest absolute Gasteiger partial charge is 0.247 e. The summed E-state index contributed by atoms with van der Waals surface area (Å²) < 4.78 is 1.75. The summed E-state index contributed by atoms with van der Waals surface area (Å²) in [6, 6.07) is 8.00. The van der Waals surface area contributed by atoms with Crippen LogP contribution in [0.25, 0.3) is 16.6 Å². The maximum Gasteiger partial charge on any atom is 0.247 e. The Kier molecular flexibility index (Phi) is 3.49. The molecule has 7 heteroatoms. The third-order valence-electron chi connectivity index (χ3n) is 5.65. The van der Waals surface area contributed by atoms with Crippen molar-refractivity contribution in [3.63, 3.8) is 0 Å². The second-order valence-electron chi connectivity index (χ2n) is 7.23. The van der Waals surface area contributed by atoms with E-state index in [1.54, 1.807) is 28.0 Å². The van der Waals surface area contributed by atoms with Gasteiger partial charge in [0.2, 0.25) is 5.91 Å². The average molecular weight is 378 g/mol. The number of nitriles is 1. The number of carbonyl (C=O) groups is 1. The zero-order valence-electron chi connectivity index (χ0n) is 14.5. The fraction of sp³-hybridized carbons (Fsp3) is 0.300. The summed E-state index contributed by atoms with van der Waals surface area (Å²) in [4.78, 5) is 19.0. The van der Waals surface area contributed by atoms with Crippen molar-refractivity contribution in [2.45, 2.75) is 19.3 Å². The molecule has 27 heavy (non-hydrogen) atoms. The predicted octanol–water partition coefficient (Wildman–Crippen LogP) is 3.71. The van der Waals surface area contributed by atoms with Gasteiger partial charge in [0.05, 0.1) is 22.3 Å². The molecule has 5 rings (SSSR count). The van der Waals surface area contributed by atoms with Crippen molar-refractivity contribution in [3.05, 3.63) is 48.0 Å². The number of fused-ring (bicyclic) bond motifs is 1. The summed E-state index contributed by atoms with van der Waals surface area (Å²) in [5.41, 5.74) is 2.56. The minimum absolute atomic E-state index is 0.0761. The first kappa shape index (κ1) is 16.3. The third-order valence-corrected chi connectivity index (χ3v) is 5.85. The van der Waals surface area contributed by atoms with Gasteiger partial charge in [-0.3, -0.25) is 9.78 Å². The number of anilines is 1. The van der Waals surface area contributed by atoms with Crippen LogP contribution in [-0.4, -0.2) is 27.0 Å². The topological polar surface area (TPSA) is 74.3 Å². The first-order chi connectivity index (χ1) is 13.1. The molecule has 3 aromatic rings. The van der Waals surface area contributed by atoms with E-state index < -0.39 is 5.41 Å². The standard InChI is InChI=1S/C20H16ClN5O/c21-16-7-13(9-23-10-16)14-8-18-17(3-5-24-26(18)11-14)25-6-4-20(12-22,19(25)27)15-1-2-15/h3,5,7-11,15H,1-2,4,6H2/t20-/m1/s1. The molecule has 0 N–H and O–H groups in total. The van der Waals surface area contributed by atoms with E-state index in [2.05, 4.69) is 16.2 Å². The SMILES string of the molecule is N#C[C@@]1(C2CC2)CCN(c2ccnn3cc(-c4cncc(Cl)c4)cc23)C1=O. The Morgan fingerprint density at radius 2 is 2.11 bits per heavy atom. The van der Waals surface area contributed by atoms with Gasteiger partial charge in [0.1, 0.15) is 5.41 Å². The van der Waals surface area contributed by atoms with Gasteiger partial charge in [0.15, 0.2) is 0 Å². The Morgan fingerprint density at radius 3 is 2.85 bits per heavy atom. The van der Waals surface area contributed by atoms with E-state index in [1.165, 1.54) is 0 Å². The molecule has 134 valence electrons. The highest BCUT2D eigenvalue weighted by Gasteiger charge is 2.56. The zero-order chi connectivity index (χ0) is 18.6. The predicted molar refractivity (Wildman–Crippen MR) is 101 cm³/mol. The second kappa shape index (κ2) is 5.80. The van der Waals surface area contributed by atoms with Crippen molar-refractivity contribution in [1.82, 2.24) is 14.6 Å². The van der Waals surface area contributed by atoms with Crippen LogP contribution in [0.3, 0.4) is 0 Å².